The number of aliphatic hydroxyl groups excluding tert-OH is 1. The number of aromatic nitrogens is 2. The van der Waals surface area contributed by atoms with Crippen molar-refractivity contribution < 1.29 is 5.11 Å². The Labute approximate surface area is 92.4 Å². The molecule has 0 bridgehead atoms. The summed E-state index contributed by atoms with van der Waals surface area (Å²) >= 11 is 0. The number of hydrogen-bond acceptors (Lipinski definition) is 2. The third-order valence-electron chi connectivity index (χ3n) is 2.17. The molecule has 1 unspecified atom stereocenters. The van der Waals surface area contributed by atoms with Crippen molar-refractivity contribution in [3.8, 4) is 0 Å². The number of aryl methyl sites for hydroxylation is 1. The highest BCUT2D eigenvalue weighted by Gasteiger charge is 2.07. The van der Waals surface area contributed by atoms with Crippen LogP contribution in [0.3, 0.4) is 0 Å². The first-order chi connectivity index (χ1) is 7.24. The van der Waals surface area contributed by atoms with Crippen LogP contribution in [0, 0.1) is 6.92 Å². The molecule has 0 spiro atoms. The number of rotatable bonds is 1. The summed E-state index contributed by atoms with van der Waals surface area (Å²) in [4.78, 5) is 0. The van der Waals surface area contributed by atoms with Crippen LogP contribution in [0.5, 0.6) is 0 Å². The molecular formula is C11H17N2OP. The van der Waals surface area contributed by atoms with Crippen LogP contribution in [-0.2, 0) is 6.61 Å². The topological polar surface area (TPSA) is 38.0 Å². The first-order valence-electron chi connectivity index (χ1n) is 5.07. The lowest BCUT2D eigenvalue weighted by atomic mass is 10.1. The minimum Gasteiger partial charge on any atom is -0.392 e. The molecule has 1 heterocycles. The standard InChI is InChI=1S/C9H11N2OP.C2H6/c1-6-9-7(5-12)3-2-4-8(9)11(13)10-6;1-2/h2-4,12H,5,13H2,1H3;1-2H3. The van der Waals surface area contributed by atoms with E-state index in [-0.39, 0.29) is 6.61 Å². The van der Waals surface area contributed by atoms with Crippen molar-refractivity contribution in [2.45, 2.75) is 27.4 Å². The van der Waals surface area contributed by atoms with E-state index < -0.39 is 0 Å². The fourth-order valence-corrected chi connectivity index (χ4v) is 1.98. The van der Waals surface area contributed by atoms with Crippen molar-refractivity contribution in [2.75, 3.05) is 0 Å². The van der Waals surface area contributed by atoms with Gasteiger partial charge in [-0.15, -0.1) is 0 Å². The molecule has 1 aromatic carbocycles. The number of hydrogen-bond donors (Lipinski definition) is 1. The maximum atomic E-state index is 9.13. The molecule has 2 aromatic rings. The molecule has 4 heteroatoms. The van der Waals surface area contributed by atoms with Crippen LogP contribution >= 0.6 is 9.39 Å². The van der Waals surface area contributed by atoms with E-state index in [1.807, 2.05) is 39.0 Å². The highest BCUT2D eigenvalue weighted by atomic mass is 31.0. The van der Waals surface area contributed by atoms with Gasteiger partial charge in [-0.25, -0.2) is 0 Å². The van der Waals surface area contributed by atoms with Gasteiger partial charge in [-0.2, -0.15) is 5.10 Å². The monoisotopic (exact) mass is 224 g/mol. The Bertz CT molecular complexity index is 451. The molecule has 1 atom stereocenters. The lowest BCUT2D eigenvalue weighted by molar-refractivity contribution is 0.283. The normalized spacial score (nSPS) is 9.93. The quantitative estimate of drug-likeness (QED) is 0.756. The molecular weight excluding hydrogens is 207 g/mol. The van der Waals surface area contributed by atoms with E-state index in [0.29, 0.717) is 0 Å². The minimum absolute atomic E-state index is 0.0640. The minimum atomic E-state index is 0.0640. The van der Waals surface area contributed by atoms with Crippen LogP contribution in [0.4, 0.5) is 0 Å². The zero-order valence-electron chi connectivity index (χ0n) is 9.36. The first kappa shape index (κ1) is 12.2. The van der Waals surface area contributed by atoms with Crippen LogP contribution in [0.25, 0.3) is 10.9 Å². The summed E-state index contributed by atoms with van der Waals surface area (Å²) < 4.78 is 1.75. The maximum absolute atomic E-state index is 9.13. The summed E-state index contributed by atoms with van der Waals surface area (Å²) in [5, 5.41) is 14.4. The molecule has 0 aliphatic heterocycles. The number of fused-ring (bicyclic) bond motifs is 1. The Kier molecular flexibility index (Phi) is 4.25. The van der Waals surface area contributed by atoms with Gasteiger partial charge < -0.3 is 5.11 Å². The van der Waals surface area contributed by atoms with Crippen molar-refractivity contribution in [1.29, 1.82) is 0 Å². The van der Waals surface area contributed by atoms with Gasteiger partial charge in [0.2, 0.25) is 0 Å². The van der Waals surface area contributed by atoms with E-state index in [9.17, 15) is 0 Å². The fourth-order valence-electron chi connectivity index (χ4n) is 1.59. The molecule has 0 saturated heterocycles. The van der Waals surface area contributed by atoms with E-state index in [4.69, 9.17) is 5.11 Å². The highest BCUT2D eigenvalue weighted by molar-refractivity contribution is 7.14. The Morgan fingerprint density at radius 2 is 2.07 bits per heavy atom. The second-order valence-corrected chi connectivity index (χ2v) is 3.49. The summed E-state index contributed by atoms with van der Waals surface area (Å²) in [5.41, 5.74) is 2.92. The first-order valence-corrected chi connectivity index (χ1v) is 5.59. The molecule has 0 aliphatic rings. The maximum Gasteiger partial charge on any atom is 0.0723 e. The van der Waals surface area contributed by atoms with Crippen LogP contribution < -0.4 is 0 Å². The second-order valence-electron chi connectivity index (χ2n) is 3.00. The Balaban J connectivity index is 0.000000531. The molecule has 15 heavy (non-hydrogen) atoms. The molecule has 0 fully saturated rings. The van der Waals surface area contributed by atoms with Gasteiger partial charge in [-0.3, -0.25) is 4.45 Å². The summed E-state index contributed by atoms with van der Waals surface area (Å²) in [6.45, 7) is 6.01. The SMILES string of the molecule is CC.Cc1nn(P)c2cccc(CO)c12. The summed E-state index contributed by atoms with van der Waals surface area (Å²) in [6, 6.07) is 5.83. The van der Waals surface area contributed by atoms with Gasteiger partial charge in [-0.1, -0.05) is 26.0 Å². The highest BCUT2D eigenvalue weighted by Crippen LogP contribution is 2.23. The molecule has 0 amide bonds. The molecule has 0 saturated carbocycles. The average molecular weight is 224 g/mol. The predicted molar refractivity (Wildman–Crippen MR) is 66.8 cm³/mol. The lowest BCUT2D eigenvalue weighted by Gasteiger charge is -1.98. The second kappa shape index (κ2) is 5.24. The Hall–Kier alpha value is -0.920. The largest absolute Gasteiger partial charge is 0.392 e. The predicted octanol–water partition coefficient (Wildman–Crippen LogP) is 2.50. The number of aliphatic hydroxyl groups is 1. The van der Waals surface area contributed by atoms with E-state index in [1.54, 1.807) is 4.45 Å². The third-order valence-corrected chi connectivity index (χ3v) is 2.56. The van der Waals surface area contributed by atoms with Gasteiger partial charge in [0, 0.05) is 5.39 Å². The van der Waals surface area contributed by atoms with E-state index in [0.717, 1.165) is 22.2 Å². The van der Waals surface area contributed by atoms with Crippen molar-refractivity contribution in [3.63, 3.8) is 0 Å². The van der Waals surface area contributed by atoms with E-state index in [2.05, 4.69) is 14.5 Å². The van der Waals surface area contributed by atoms with Gasteiger partial charge in [0.1, 0.15) is 0 Å². The van der Waals surface area contributed by atoms with Crippen LogP contribution in [0.15, 0.2) is 18.2 Å². The van der Waals surface area contributed by atoms with Crippen molar-refractivity contribution >= 4 is 20.3 Å². The molecule has 3 nitrogen and oxygen atoms in total. The summed E-state index contributed by atoms with van der Waals surface area (Å²) in [6.07, 6.45) is 0. The Morgan fingerprint density at radius 1 is 1.40 bits per heavy atom. The summed E-state index contributed by atoms with van der Waals surface area (Å²) in [7, 11) is 2.53. The third kappa shape index (κ3) is 2.19. The van der Waals surface area contributed by atoms with Crippen LogP contribution in [0.2, 0.25) is 0 Å². The number of nitrogens with zero attached hydrogens (tertiary/aromatic N) is 2. The van der Waals surface area contributed by atoms with Crippen molar-refractivity contribution in [2.24, 2.45) is 0 Å². The lowest BCUT2D eigenvalue weighted by Crippen LogP contribution is -1.84. The van der Waals surface area contributed by atoms with Gasteiger partial charge >= 0.3 is 0 Å². The Morgan fingerprint density at radius 3 is 2.67 bits per heavy atom. The zero-order valence-corrected chi connectivity index (χ0v) is 10.5. The number of benzene rings is 1. The molecule has 0 radical (unpaired) electrons. The molecule has 0 aliphatic carbocycles. The molecule has 82 valence electrons. The summed E-state index contributed by atoms with van der Waals surface area (Å²) in [5.74, 6) is 0. The van der Waals surface area contributed by atoms with Gasteiger partial charge in [0.25, 0.3) is 0 Å². The molecule has 1 N–H and O–H groups in total. The molecule has 1 aromatic heterocycles. The van der Waals surface area contributed by atoms with Gasteiger partial charge in [0.15, 0.2) is 0 Å². The fraction of sp³-hybridized carbons (Fsp3) is 0.364. The van der Waals surface area contributed by atoms with E-state index >= 15 is 0 Å². The molecule has 2 rings (SSSR count). The average Bonchev–Trinajstić information content (AvgIpc) is 2.58. The van der Waals surface area contributed by atoms with E-state index in [1.165, 1.54) is 0 Å². The van der Waals surface area contributed by atoms with Crippen LogP contribution in [-0.4, -0.2) is 14.7 Å². The van der Waals surface area contributed by atoms with Crippen molar-refractivity contribution in [3.05, 3.63) is 29.5 Å². The van der Waals surface area contributed by atoms with Gasteiger partial charge in [0.05, 0.1) is 17.8 Å². The zero-order chi connectivity index (χ0) is 11.4. The van der Waals surface area contributed by atoms with Crippen molar-refractivity contribution in [1.82, 2.24) is 9.55 Å². The van der Waals surface area contributed by atoms with Crippen LogP contribution in [0.1, 0.15) is 25.1 Å². The smallest absolute Gasteiger partial charge is 0.0723 e. The van der Waals surface area contributed by atoms with Gasteiger partial charge in [-0.05, 0) is 27.9 Å².